The van der Waals surface area contributed by atoms with E-state index in [0.717, 1.165) is 16.7 Å². The molecule has 0 heterocycles. The van der Waals surface area contributed by atoms with Crippen molar-refractivity contribution >= 4 is 15.9 Å². The van der Waals surface area contributed by atoms with Crippen molar-refractivity contribution in [3.63, 3.8) is 0 Å². The molecule has 0 aliphatic heterocycles. The van der Waals surface area contributed by atoms with Gasteiger partial charge in [0, 0.05) is 26.1 Å². The van der Waals surface area contributed by atoms with E-state index in [-0.39, 0.29) is 12.5 Å². The van der Waals surface area contributed by atoms with Crippen molar-refractivity contribution in [3.05, 3.63) is 71.3 Å². The Hall–Kier alpha value is -2.18. The number of amides is 1. The van der Waals surface area contributed by atoms with E-state index < -0.39 is 10.0 Å². The molecule has 0 spiro atoms. The fourth-order valence-electron chi connectivity index (χ4n) is 2.65. The molecule has 0 saturated carbocycles. The van der Waals surface area contributed by atoms with Gasteiger partial charge in [0.05, 0.1) is 6.26 Å². The van der Waals surface area contributed by atoms with E-state index in [1.165, 1.54) is 10.6 Å². The number of benzene rings is 2. The highest BCUT2D eigenvalue weighted by Gasteiger charge is 2.17. The minimum absolute atomic E-state index is 0.0711. The average Bonchev–Trinajstić information content (AvgIpc) is 2.61. The van der Waals surface area contributed by atoms with E-state index in [1.807, 2.05) is 61.5 Å². The highest BCUT2D eigenvalue weighted by Crippen LogP contribution is 2.12. The Labute approximate surface area is 156 Å². The van der Waals surface area contributed by atoms with Crippen LogP contribution in [0.25, 0.3) is 0 Å². The molecule has 0 saturated heterocycles. The third-order valence-corrected chi connectivity index (χ3v) is 5.49. The Morgan fingerprint density at radius 2 is 1.69 bits per heavy atom. The number of hydrogen-bond acceptors (Lipinski definition) is 3. The molecule has 0 aliphatic rings. The van der Waals surface area contributed by atoms with Gasteiger partial charge in [0.1, 0.15) is 0 Å². The molecule has 5 nitrogen and oxygen atoms in total. The molecule has 0 atom stereocenters. The van der Waals surface area contributed by atoms with Crippen LogP contribution in [0.3, 0.4) is 0 Å². The van der Waals surface area contributed by atoms with Crippen LogP contribution in [0.15, 0.2) is 54.6 Å². The molecule has 2 aromatic rings. The fraction of sp³-hybridized carbons (Fsp3) is 0.350. The van der Waals surface area contributed by atoms with Crippen molar-refractivity contribution in [3.8, 4) is 0 Å². The minimum Gasteiger partial charge on any atom is -0.355 e. The smallest absolute Gasteiger partial charge is 0.220 e. The number of carbonyl (C=O) groups is 1. The summed E-state index contributed by atoms with van der Waals surface area (Å²) in [4.78, 5) is 12.0. The molecule has 140 valence electrons. The zero-order valence-corrected chi connectivity index (χ0v) is 16.1. The Balaban J connectivity index is 1.84. The fourth-order valence-corrected chi connectivity index (χ4v) is 3.45. The summed E-state index contributed by atoms with van der Waals surface area (Å²) in [6.45, 7) is 2.82. The van der Waals surface area contributed by atoms with Crippen molar-refractivity contribution in [2.24, 2.45) is 0 Å². The van der Waals surface area contributed by atoms with Crippen LogP contribution in [0.5, 0.6) is 0 Å². The molecule has 0 radical (unpaired) electrons. The number of hydrogen-bond donors (Lipinski definition) is 1. The number of aryl methyl sites for hydroxylation is 2. The lowest BCUT2D eigenvalue weighted by molar-refractivity contribution is -0.121. The topological polar surface area (TPSA) is 66.5 Å². The molecule has 0 bridgehead atoms. The molecule has 0 fully saturated rings. The van der Waals surface area contributed by atoms with Crippen molar-refractivity contribution in [2.75, 3.05) is 19.3 Å². The largest absolute Gasteiger partial charge is 0.355 e. The molecule has 26 heavy (non-hydrogen) atoms. The van der Waals surface area contributed by atoms with Gasteiger partial charge in [-0.2, -0.15) is 4.31 Å². The van der Waals surface area contributed by atoms with Gasteiger partial charge in [-0.05, 0) is 30.0 Å². The first-order valence-corrected chi connectivity index (χ1v) is 10.5. The molecular weight excluding hydrogens is 348 g/mol. The van der Waals surface area contributed by atoms with Crippen molar-refractivity contribution < 1.29 is 13.2 Å². The van der Waals surface area contributed by atoms with E-state index in [0.29, 0.717) is 25.9 Å². The average molecular weight is 375 g/mol. The third kappa shape index (κ3) is 6.61. The van der Waals surface area contributed by atoms with E-state index in [1.54, 1.807) is 0 Å². The first-order chi connectivity index (χ1) is 12.4. The third-order valence-electron chi connectivity index (χ3n) is 4.24. The Kier molecular flexibility index (Phi) is 7.36. The van der Waals surface area contributed by atoms with Crippen LogP contribution in [0.2, 0.25) is 0 Å². The zero-order chi connectivity index (χ0) is 19.0. The number of nitrogens with one attached hydrogen (secondary N) is 1. The lowest BCUT2D eigenvalue weighted by atomic mass is 10.1. The van der Waals surface area contributed by atoms with Gasteiger partial charge in [-0.15, -0.1) is 0 Å². The second kappa shape index (κ2) is 9.50. The molecule has 0 aliphatic carbocycles. The maximum Gasteiger partial charge on any atom is 0.220 e. The van der Waals surface area contributed by atoms with Crippen LogP contribution in [-0.4, -0.2) is 38.0 Å². The highest BCUT2D eigenvalue weighted by molar-refractivity contribution is 7.88. The van der Waals surface area contributed by atoms with E-state index in [9.17, 15) is 13.2 Å². The number of sulfonamides is 1. The summed E-state index contributed by atoms with van der Waals surface area (Å²) in [5, 5.41) is 2.81. The molecule has 2 rings (SSSR count). The summed E-state index contributed by atoms with van der Waals surface area (Å²) in [6.07, 6.45) is 2.26. The minimum atomic E-state index is -3.35. The molecule has 6 heteroatoms. The van der Waals surface area contributed by atoms with Crippen molar-refractivity contribution in [1.82, 2.24) is 9.62 Å². The summed E-state index contributed by atoms with van der Waals surface area (Å²) in [5.74, 6) is -0.0711. The van der Waals surface area contributed by atoms with Gasteiger partial charge in [-0.25, -0.2) is 8.42 Å². The van der Waals surface area contributed by atoms with E-state index >= 15 is 0 Å². The summed E-state index contributed by atoms with van der Waals surface area (Å²) in [7, 11) is -3.35. The number of carbonyl (C=O) groups excluding carboxylic acids is 1. The van der Waals surface area contributed by atoms with Gasteiger partial charge in [0.2, 0.25) is 15.9 Å². The van der Waals surface area contributed by atoms with Crippen LogP contribution < -0.4 is 5.32 Å². The standard InChI is InChI=1S/C20H26N2O3S/c1-17-8-6-7-11-19(17)16-22(26(2,24)25)15-14-21-20(23)13-12-18-9-4-3-5-10-18/h3-11H,12-16H2,1-2H3,(H,21,23). The van der Waals surface area contributed by atoms with Crippen LogP contribution in [0.1, 0.15) is 23.1 Å². The van der Waals surface area contributed by atoms with E-state index in [2.05, 4.69) is 5.32 Å². The van der Waals surface area contributed by atoms with Gasteiger partial charge in [-0.3, -0.25) is 4.79 Å². The van der Waals surface area contributed by atoms with Crippen LogP contribution in [0, 0.1) is 6.92 Å². The van der Waals surface area contributed by atoms with Gasteiger partial charge < -0.3 is 5.32 Å². The van der Waals surface area contributed by atoms with Crippen LogP contribution >= 0.6 is 0 Å². The number of nitrogens with zero attached hydrogens (tertiary/aromatic N) is 1. The van der Waals surface area contributed by atoms with Gasteiger partial charge in [-0.1, -0.05) is 54.6 Å². The Morgan fingerprint density at radius 1 is 1.04 bits per heavy atom. The second-order valence-corrected chi connectivity index (χ2v) is 8.34. The summed E-state index contributed by atoms with van der Waals surface area (Å²) < 4.78 is 25.5. The van der Waals surface area contributed by atoms with Crippen LogP contribution in [0.4, 0.5) is 0 Å². The summed E-state index contributed by atoms with van der Waals surface area (Å²) >= 11 is 0. The van der Waals surface area contributed by atoms with Gasteiger partial charge >= 0.3 is 0 Å². The predicted octanol–water partition coefficient (Wildman–Crippen LogP) is 2.51. The van der Waals surface area contributed by atoms with Crippen molar-refractivity contribution in [1.29, 1.82) is 0 Å². The molecular formula is C20H26N2O3S. The monoisotopic (exact) mass is 374 g/mol. The SMILES string of the molecule is Cc1ccccc1CN(CCNC(=O)CCc1ccccc1)S(C)(=O)=O. The molecule has 2 aromatic carbocycles. The first-order valence-electron chi connectivity index (χ1n) is 8.66. The highest BCUT2D eigenvalue weighted by atomic mass is 32.2. The zero-order valence-electron chi connectivity index (χ0n) is 15.3. The van der Waals surface area contributed by atoms with Crippen molar-refractivity contribution in [2.45, 2.75) is 26.3 Å². The molecule has 1 amide bonds. The summed E-state index contributed by atoms with van der Waals surface area (Å²) in [6, 6.07) is 17.5. The molecule has 1 N–H and O–H groups in total. The quantitative estimate of drug-likeness (QED) is 0.733. The molecule has 0 aromatic heterocycles. The predicted molar refractivity (Wildman–Crippen MR) is 104 cm³/mol. The Bertz CT molecular complexity index is 820. The maximum atomic E-state index is 12.0. The molecule has 0 unspecified atom stereocenters. The Morgan fingerprint density at radius 3 is 2.35 bits per heavy atom. The summed E-state index contributed by atoms with van der Waals surface area (Å²) in [5.41, 5.74) is 3.13. The maximum absolute atomic E-state index is 12.0. The second-order valence-electron chi connectivity index (χ2n) is 6.36. The lowest BCUT2D eigenvalue weighted by Crippen LogP contribution is -2.37. The van der Waals surface area contributed by atoms with Gasteiger partial charge in [0.15, 0.2) is 0 Å². The number of rotatable bonds is 9. The van der Waals surface area contributed by atoms with Gasteiger partial charge in [0.25, 0.3) is 0 Å². The normalized spacial score (nSPS) is 11.5. The van der Waals surface area contributed by atoms with E-state index in [4.69, 9.17) is 0 Å². The first kappa shape index (κ1) is 20.1. The lowest BCUT2D eigenvalue weighted by Gasteiger charge is -2.21. The van der Waals surface area contributed by atoms with Crippen LogP contribution in [-0.2, 0) is 27.8 Å².